The van der Waals surface area contributed by atoms with Gasteiger partial charge < -0.3 is 5.32 Å². The number of nitriles is 1. The van der Waals surface area contributed by atoms with E-state index in [-0.39, 0.29) is 11.1 Å². The van der Waals surface area contributed by atoms with Crippen LogP contribution in [0.5, 0.6) is 0 Å². The molecule has 2 aromatic carbocycles. The molecule has 0 aliphatic rings. The quantitative estimate of drug-likeness (QED) is 0.914. The van der Waals surface area contributed by atoms with E-state index in [1.165, 1.54) is 12.1 Å². The molecular formula is C15H11F3N2. The molecule has 2 aromatic rings. The molecule has 0 bridgehead atoms. The first-order chi connectivity index (χ1) is 9.51. The highest BCUT2D eigenvalue weighted by Gasteiger charge is 2.14. The SMILES string of the molecule is CC(Nc1ccc(F)cc1C#N)c1cc(F)ccc1F. The Kier molecular flexibility index (Phi) is 3.94. The molecular weight excluding hydrogens is 265 g/mol. The Morgan fingerprint density at radius 1 is 1.05 bits per heavy atom. The first-order valence-corrected chi connectivity index (χ1v) is 5.92. The minimum absolute atomic E-state index is 0.105. The van der Waals surface area contributed by atoms with E-state index in [9.17, 15) is 13.2 Å². The fraction of sp³-hybridized carbons (Fsp3) is 0.133. The van der Waals surface area contributed by atoms with Gasteiger partial charge in [-0.05, 0) is 43.3 Å². The average Bonchev–Trinajstić information content (AvgIpc) is 2.43. The van der Waals surface area contributed by atoms with Gasteiger partial charge in [0.15, 0.2) is 0 Å². The van der Waals surface area contributed by atoms with Gasteiger partial charge in [0.25, 0.3) is 0 Å². The zero-order valence-corrected chi connectivity index (χ0v) is 10.6. The van der Waals surface area contributed by atoms with Crippen molar-refractivity contribution < 1.29 is 13.2 Å². The average molecular weight is 276 g/mol. The van der Waals surface area contributed by atoms with Crippen LogP contribution in [0.4, 0.5) is 18.9 Å². The molecule has 1 atom stereocenters. The highest BCUT2D eigenvalue weighted by Crippen LogP contribution is 2.25. The maximum Gasteiger partial charge on any atom is 0.128 e. The van der Waals surface area contributed by atoms with Crippen LogP contribution in [-0.2, 0) is 0 Å². The van der Waals surface area contributed by atoms with Crippen molar-refractivity contribution in [2.24, 2.45) is 0 Å². The van der Waals surface area contributed by atoms with Crippen LogP contribution in [0.15, 0.2) is 36.4 Å². The molecule has 1 unspecified atom stereocenters. The van der Waals surface area contributed by atoms with Crippen molar-refractivity contribution in [2.45, 2.75) is 13.0 Å². The van der Waals surface area contributed by atoms with E-state index in [2.05, 4.69) is 5.32 Å². The molecule has 0 fully saturated rings. The van der Waals surface area contributed by atoms with Crippen LogP contribution in [-0.4, -0.2) is 0 Å². The summed E-state index contributed by atoms with van der Waals surface area (Å²) in [5.74, 6) is -1.63. The minimum atomic E-state index is -0.566. The molecule has 0 aliphatic heterocycles. The van der Waals surface area contributed by atoms with E-state index in [0.717, 1.165) is 24.3 Å². The molecule has 0 saturated carbocycles. The lowest BCUT2D eigenvalue weighted by Crippen LogP contribution is -2.10. The lowest BCUT2D eigenvalue weighted by Gasteiger charge is -2.17. The standard InChI is InChI=1S/C15H11F3N2/c1-9(13-7-12(17)2-4-14(13)18)20-15-5-3-11(16)6-10(15)8-19/h2-7,9,20H,1H3. The van der Waals surface area contributed by atoms with Crippen LogP contribution in [0, 0.1) is 28.8 Å². The van der Waals surface area contributed by atoms with Crippen LogP contribution < -0.4 is 5.32 Å². The van der Waals surface area contributed by atoms with Crippen LogP contribution >= 0.6 is 0 Å². The zero-order valence-electron chi connectivity index (χ0n) is 10.6. The van der Waals surface area contributed by atoms with Gasteiger partial charge in [-0.15, -0.1) is 0 Å². The Bertz CT molecular complexity index is 677. The van der Waals surface area contributed by atoms with Gasteiger partial charge in [0, 0.05) is 5.56 Å². The molecule has 102 valence electrons. The second-order valence-electron chi connectivity index (χ2n) is 4.33. The Morgan fingerprint density at radius 3 is 2.40 bits per heavy atom. The van der Waals surface area contributed by atoms with Crippen molar-refractivity contribution in [3.63, 3.8) is 0 Å². The summed E-state index contributed by atoms with van der Waals surface area (Å²) in [4.78, 5) is 0. The number of benzene rings is 2. The van der Waals surface area contributed by atoms with Gasteiger partial charge in [-0.3, -0.25) is 0 Å². The largest absolute Gasteiger partial charge is 0.377 e. The van der Waals surface area contributed by atoms with Crippen LogP contribution in [0.25, 0.3) is 0 Å². The predicted molar refractivity (Wildman–Crippen MR) is 69.5 cm³/mol. The smallest absolute Gasteiger partial charge is 0.128 e. The third-order valence-electron chi connectivity index (χ3n) is 2.90. The highest BCUT2D eigenvalue weighted by atomic mass is 19.1. The van der Waals surface area contributed by atoms with Crippen molar-refractivity contribution >= 4 is 5.69 Å². The maximum absolute atomic E-state index is 13.6. The van der Waals surface area contributed by atoms with Crippen molar-refractivity contribution in [1.82, 2.24) is 0 Å². The number of nitrogens with one attached hydrogen (secondary N) is 1. The monoisotopic (exact) mass is 276 g/mol. The second-order valence-corrected chi connectivity index (χ2v) is 4.33. The van der Waals surface area contributed by atoms with Crippen molar-refractivity contribution in [1.29, 1.82) is 5.26 Å². The summed E-state index contributed by atoms with van der Waals surface area (Å²) in [6, 6.07) is 8.10. The van der Waals surface area contributed by atoms with Gasteiger partial charge in [-0.1, -0.05) is 0 Å². The van der Waals surface area contributed by atoms with Gasteiger partial charge in [-0.2, -0.15) is 5.26 Å². The number of nitrogens with zero attached hydrogens (tertiary/aromatic N) is 1. The van der Waals surface area contributed by atoms with Gasteiger partial charge in [0.1, 0.15) is 23.5 Å². The summed E-state index contributed by atoms with van der Waals surface area (Å²) in [6.07, 6.45) is 0. The molecule has 2 rings (SSSR count). The van der Waals surface area contributed by atoms with E-state index in [1.807, 2.05) is 6.07 Å². The third kappa shape index (κ3) is 2.91. The van der Waals surface area contributed by atoms with Crippen LogP contribution in [0.1, 0.15) is 24.1 Å². The number of rotatable bonds is 3. The van der Waals surface area contributed by atoms with E-state index < -0.39 is 23.5 Å². The minimum Gasteiger partial charge on any atom is -0.377 e. The van der Waals surface area contributed by atoms with E-state index >= 15 is 0 Å². The van der Waals surface area contributed by atoms with Gasteiger partial charge in [0.05, 0.1) is 17.3 Å². The highest BCUT2D eigenvalue weighted by molar-refractivity contribution is 5.58. The Morgan fingerprint density at radius 2 is 1.70 bits per heavy atom. The number of anilines is 1. The van der Waals surface area contributed by atoms with Crippen molar-refractivity contribution in [3.8, 4) is 6.07 Å². The van der Waals surface area contributed by atoms with Crippen LogP contribution in [0.2, 0.25) is 0 Å². The predicted octanol–water partition coefficient (Wildman–Crippen LogP) is 4.15. The lowest BCUT2D eigenvalue weighted by atomic mass is 10.1. The van der Waals surface area contributed by atoms with Crippen LogP contribution in [0.3, 0.4) is 0 Å². The molecule has 1 N–H and O–H groups in total. The number of hydrogen-bond donors (Lipinski definition) is 1. The third-order valence-corrected chi connectivity index (χ3v) is 2.90. The molecule has 0 saturated heterocycles. The molecule has 0 radical (unpaired) electrons. The summed E-state index contributed by atoms with van der Waals surface area (Å²) < 4.78 is 39.8. The van der Waals surface area contributed by atoms with Crippen molar-refractivity contribution in [3.05, 3.63) is 65.0 Å². The Labute approximate surface area is 114 Å². The van der Waals surface area contributed by atoms with Gasteiger partial charge in [-0.25, -0.2) is 13.2 Å². The Balaban J connectivity index is 2.30. The molecule has 20 heavy (non-hydrogen) atoms. The molecule has 0 heterocycles. The summed E-state index contributed by atoms with van der Waals surface area (Å²) >= 11 is 0. The molecule has 0 aliphatic carbocycles. The maximum atomic E-state index is 13.6. The number of hydrogen-bond acceptors (Lipinski definition) is 2. The summed E-state index contributed by atoms with van der Waals surface area (Å²) in [5, 5.41) is 11.8. The number of halogens is 3. The zero-order chi connectivity index (χ0) is 14.7. The second kappa shape index (κ2) is 5.66. The molecule has 0 spiro atoms. The topological polar surface area (TPSA) is 35.8 Å². The van der Waals surface area contributed by atoms with E-state index in [0.29, 0.717) is 5.69 Å². The fourth-order valence-electron chi connectivity index (χ4n) is 1.89. The first kappa shape index (κ1) is 13.9. The lowest BCUT2D eigenvalue weighted by molar-refractivity contribution is 0.577. The van der Waals surface area contributed by atoms with Gasteiger partial charge in [0.2, 0.25) is 0 Å². The molecule has 2 nitrogen and oxygen atoms in total. The van der Waals surface area contributed by atoms with Crippen molar-refractivity contribution in [2.75, 3.05) is 5.32 Å². The van der Waals surface area contributed by atoms with Gasteiger partial charge >= 0.3 is 0 Å². The molecule has 5 heteroatoms. The summed E-state index contributed by atoms with van der Waals surface area (Å²) in [5.41, 5.74) is 0.608. The molecule has 0 aromatic heterocycles. The molecule has 0 amide bonds. The van der Waals surface area contributed by atoms with E-state index in [1.54, 1.807) is 6.92 Å². The first-order valence-electron chi connectivity index (χ1n) is 5.92. The van der Waals surface area contributed by atoms with E-state index in [4.69, 9.17) is 5.26 Å². The Hall–Kier alpha value is -2.48. The fourth-order valence-corrected chi connectivity index (χ4v) is 1.89. The summed E-state index contributed by atoms with van der Waals surface area (Å²) in [7, 11) is 0. The normalized spacial score (nSPS) is 11.8. The summed E-state index contributed by atoms with van der Waals surface area (Å²) in [6.45, 7) is 1.63.